The van der Waals surface area contributed by atoms with E-state index >= 15 is 0 Å². The lowest BCUT2D eigenvalue weighted by Crippen LogP contribution is -2.30. The second-order valence-electron chi connectivity index (χ2n) is 4.56. The first kappa shape index (κ1) is 18.1. The number of hydrogen-bond donors (Lipinski definition) is 2. The number of nitrogens with zero attached hydrogens (tertiary/aromatic N) is 1. The minimum absolute atomic E-state index is 0.130. The quantitative estimate of drug-likeness (QED) is 0.753. The zero-order valence-corrected chi connectivity index (χ0v) is 13.4. The fourth-order valence-corrected chi connectivity index (χ4v) is 3.32. The van der Waals surface area contributed by atoms with Crippen molar-refractivity contribution in [3.8, 4) is 0 Å². The molecule has 0 saturated heterocycles. The Morgan fingerprint density at radius 3 is 2.09 bits per heavy atom. The third-order valence-corrected chi connectivity index (χ3v) is 5.11. The zero-order valence-electron chi connectivity index (χ0n) is 12.6. The van der Waals surface area contributed by atoms with E-state index in [0.29, 0.717) is 18.8 Å². The van der Waals surface area contributed by atoms with Gasteiger partial charge >= 0.3 is 5.97 Å². The summed E-state index contributed by atoms with van der Waals surface area (Å²) < 4.78 is 25.9. The third-order valence-electron chi connectivity index (χ3n) is 3.05. The van der Waals surface area contributed by atoms with E-state index in [1.54, 1.807) is 13.8 Å². The van der Waals surface area contributed by atoms with E-state index in [4.69, 9.17) is 5.11 Å². The second kappa shape index (κ2) is 7.90. The summed E-state index contributed by atoms with van der Waals surface area (Å²) in [6.07, 6.45) is -0.380. The molecule has 0 spiro atoms. The summed E-state index contributed by atoms with van der Waals surface area (Å²) in [5.74, 6) is -1.47. The molecule has 0 aromatic heterocycles. The van der Waals surface area contributed by atoms with Crippen molar-refractivity contribution in [3.05, 3.63) is 24.3 Å². The molecule has 0 aliphatic rings. The highest BCUT2D eigenvalue weighted by Gasteiger charge is 2.21. The van der Waals surface area contributed by atoms with Crippen molar-refractivity contribution < 1.29 is 23.1 Å². The summed E-state index contributed by atoms with van der Waals surface area (Å²) in [7, 11) is -3.52. The highest BCUT2D eigenvalue weighted by atomic mass is 32.2. The van der Waals surface area contributed by atoms with Gasteiger partial charge < -0.3 is 10.4 Å². The van der Waals surface area contributed by atoms with Gasteiger partial charge in [0.1, 0.15) is 0 Å². The molecule has 0 unspecified atom stereocenters. The fraction of sp³-hybridized carbons (Fsp3) is 0.429. The van der Waals surface area contributed by atoms with Gasteiger partial charge in [-0.1, -0.05) is 13.8 Å². The second-order valence-corrected chi connectivity index (χ2v) is 6.49. The molecule has 0 saturated carbocycles. The van der Waals surface area contributed by atoms with Crippen molar-refractivity contribution in [2.45, 2.75) is 31.6 Å². The predicted octanol–water partition coefficient (Wildman–Crippen LogP) is 1.52. The number of hydrogen-bond acceptors (Lipinski definition) is 4. The molecule has 1 aromatic rings. The van der Waals surface area contributed by atoms with E-state index in [1.165, 1.54) is 28.6 Å². The molecule has 1 aromatic carbocycles. The minimum Gasteiger partial charge on any atom is -0.481 e. The third kappa shape index (κ3) is 4.81. The topological polar surface area (TPSA) is 104 Å². The van der Waals surface area contributed by atoms with Gasteiger partial charge in [-0.3, -0.25) is 9.59 Å². The van der Waals surface area contributed by atoms with Gasteiger partial charge in [0.25, 0.3) is 0 Å². The lowest BCUT2D eigenvalue weighted by atomic mass is 10.2. The maximum atomic E-state index is 12.3. The number of rotatable bonds is 8. The molecule has 2 N–H and O–H groups in total. The Morgan fingerprint density at radius 2 is 1.64 bits per heavy atom. The predicted molar refractivity (Wildman–Crippen MR) is 82.0 cm³/mol. The van der Waals surface area contributed by atoms with Crippen LogP contribution in [0, 0.1) is 0 Å². The Bertz CT molecular complexity index is 621. The van der Waals surface area contributed by atoms with Crippen LogP contribution in [0.2, 0.25) is 0 Å². The van der Waals surface area contributed by atoms with Gasteiger partial charge in [0.15, 0.2) is 0 Å². The van der Waals surface area contributed by atoms with Crippen molar-refractivity contribution in [3.63, 3.8) is 0 Å². The maximum absolute atomic E-state index is 12.3. The number of nitrogens with one attached hydrogen (secondary N) is 1. The number of anilines is 1. The smallest absolute Gasteiger partial charge is 0.303 e. The summed E-state index contributed by atoms with van der Waals surface area (Å²) >= 11 is 0. The van der Waals surface area contributed by atoms with Crippen LogP contribution in [-0.4, -0.2) is 42.8 Å². The molecule has 1 rings (SSSR count). The zero-order chi connectivity index (χ0) is 16.8. The summed E-state index contributed by atoms with van der Waals surface area (Å²) in [6, 6.07) is 5.80. The van der Waals surface area contributed by atoms with Gasteiger partial charge in [-0.15, -0.1) is 0 Å². The van der Waals surface area contributed by atoms with Crippen molar-refractivity contribution in [1.82, 2.24) is 4.31 Å². The van der Waals surface area contributed by atoms with Crippen LogP contribution in [0.1, 0.15) is 26.7 Å². The highest BCUT2D eigenvalue weighted by molar-refractivity contribution is 7.89. The van der Waals surface area contributed by atoms with Crippen molar-refractivity contribution in [2.75, 3.05) is 18.4 Å². The summed E-state index contributed by atoms with van der Waals surface area (Å²) in [5.41, 5.74) is 0.425. The molecular weight excluding hydrogens is 308 g/mol. The van der Waals surface area contributed by atoms with Crippen molar-refractivity contribution >= 4 is 27.6 Å². The van der Waals surface area contributed by atoms with Crippen LogP contribution >= 0.6 is 0 Å². The number of carbonyl (C=O) groups is 2. The average Bonchev–Trinajstić information content (AvgIpc) is 2.46. The van der Waals surface area contributed by atoms with Crippen LogP contribution in [-0.2, 0) is 19.6 Å². The van der Waals surface area contributed by atoms with E-state index < -0.39 is 21.9 Å². The molecule has 0 bridgehead atoms. The first-order valence-corrected chi connectivity index (χ1v) is 8.37. The number of amides is 1. The first-order valence-electron chi connectivity index (χ1n) is 6.93. The minimum atomic E-state index is -3.52. The lowest BCUT2D eigenvalue weighted by molar-refractivity contribution is -0.138. The van der Waals surface area contributed by atoms with Crippen molar-refractivity contribution in [2.24, 2.45) is 0 Å². The molecule has 8 heteroatoms. The largest absolute Gasteiger partial charge is 0.481 e. The van der Waals surface area contributed by atoms with E-state index in [2.05, 4.69) is 5.32 Å². The number of aliphatic carboxylic acids is 1. The maximum Gasteiger partial charge on any atom is 0.303 e. The van der Waals surface area contributed by atoms with Crippen LogP contribution in [0.4, 0.5) is 5.69 Å². The van der Waals surface area contributed by atoms with Crippen LogP contribution < -0.4 is 5.32 Å². The number of sulfonamides is 1. The molecule has 1 amide bonds. The van der Waals surface area contributed by atoms with E-state index in [0.717, 1.165) is 0 Å². The number of carboxylic acid groups (broad SMARTS) is 1. The monoisotopic (exact) mass is 328 g/mol. The van der Waals surface area contributed by atoms with E-state index in [9.17, 15) is 18.0 Å². The van der Waals surface area contributed by atoms with Crippen LogP contribution in [0.15, 0.2) is 29.2 Å². The summed E-state index contributed by atoms with van der Waals surface area (Å²) in [5, 5.41) is 11.0. The average molecular weight is 328 g/mol. The van der Waals surface area contributed by atoms with E-state index in [-0.39, 0.29) is 17.7 Å². The van der Waals surface area contributed by atoms with Crippen LogP contribution in [0.3, 0.4) is 0 Å². The Balaban J connectivity index is 2.79. The summed E-state index contributed by atoms with van der Waals surface area (Å²) in [4.78, 5) is 22.0. The Hall–Kier alpha value is -1.93. The Kier molecular flexibility index (Phi) is 6.51. The molecule has 7 nitrogen and oxygen atoms in total. The van der Waals surface area contributed by atoms with Gasteiger partial charge in [-0.25, -0.2) is 8.42 Å². The molecule has 0 aliphatic heterocycles. The molecule has 0 aliphatic carbocycles. The van der Waals surface area contributed by atoms with Gasteiger partial charge in [0.05, 0.1) is 11.3 Å². The van der Waals surface area contributed by atoms with Gasteiger partial charge in [-0.05, 0) is 24.3 Å². The van der Waals surface area contributed by atoms with E-state index in [1.807, 2.05) is 0 Å². The number of carboxylic acids is 1. The Labute approximate surface area is 130 Å². The number of benzene rings is 1. The molecule has 0 radical (unpaired) electrons. The normalized spacial score (nSPS) is 11.4. The Morgan fingerprint density at radius 1 is 1.09 bits per heavy atom. The lowest BCUT2D eigenvalue weighted by Gasteiger charge is -2.18. The van der Waals surface area contributed by atoms with Crippen LogP contribution in [0.5, 0.6) is 0 Å². The number of carbonyl (C=O) groups excluding carboxylic acids is 1. The van der Waals surface area contributed by atoms with Crippen LogP contribution in [0.25, 0.3) is 0 Å². The molecule has 0 heterocycles. The molecule has 122 valence electrons. The molecule has 0 atom stereocenters. The van der Waals surface area contributed by atoms with Crippen molar-refractivity contribution in [1.29, 1.82) is 0 Å². The molecule has 0 fully saturated rings. The first-order chi connectivity index (χ1) is 10.3. The fourth-order valence-electron chi connectivity index (χ4n) is 1.87. The SMILES string of the molecule is CCN(CC)S(=O)(=O)c1ccc(NC(=O)CCC(=O)O)cc1. The highest BCUT2D eigenvalue weighted by Crippen LogP contribution is 2.18. The van der Waals surface area contributed by atoms with Gasteiger partial charge in [0.2, 0.25) is 15.9 Å². The van der Waals surface area contributed by atoms with Gasteiger partial charge in [0, 0.05) is 25.2 Å². The summed E-state index contributed by atoms with van der Waals surface area (Å²) in [6.45, 7) is 4.29. The van der Waals surface area contributed by atoms with Gasteiger partial charge in [-0.2, -0.15) is 4.31 Å². The molecular formula is C14H20N2O5S. The standard InChI is InChI=1S/C14H20N2O5S/c1-3-16(4-2)22(20,21)12-7-5-11(6-8-12)15-13(17)9-10-14(18)19/h5-8H,3-4,9-10H2,1-2H3,(H,15,17)(H,18,19). The molecule has 22 heavy (non-hydrogen) atoms.